The van der Waals surface area contributed by atoms with E-state index >= 15 is 0 Å². The van der Waals surface area contributed by atoms with Gasteiger partial charge in [-0.1, -0.05) is 6.08 Å². The molecule has 1 fully saturated rings. The van der Waals surface area contributed by atoms with Gasteiger partial charge in [-0.05, 0) is 22.4 Å². The summed E-state index contributed by atoms with van der Waals surface area (Å²) in [5.74, 6) is -0.264. The molecule has 5 heteroatoms. The van der Waals surface area contributed by atoms with E-state index in [9.17, 15) is 9.59 Å². The average Bonchev–Trinajstić information content (AvgIpc) is 2.77. The van der Waals surface area contributed by atoms with Gasteiger partial charge in [-0.3, -0.25) is 10.1 Å². The standard InChI is InChI=1S/C10H10N2O2S/c1-2-4-12-8(7-3-5-15-6-7)9(13)11-10(12)14/h2-3,5-6,8H,1,4H2,(H,11,13,14). The number of hydrogen-bond donors (Lipinski definition) is 1. The highest BCUT2D eigenvalue weighted by Gasteiger charge is 2.38. The van der Waals surface area contributed by atoms with Gasteiger partial charge in [-0.25, -0.2) is 4.79 Å². The summed E-state index contributed by atoms with van der Waals surface area (Å²) in [5.41, 5.74) is 0.852. The molecule has 1 aromatic rings. The lowest BCUT2D eigenvalue weighted by Gasteiger charge is -2.18. The molecule has 1 unspecified atom stereocenters. The summed E-state index contributed by atoms with van der Waals surface area (Å²) >= 11 is 1.51. The van der Waals surface area contributed by atoms with Gasteiger partial charge in [0, 0.05) is 6.54 Å². The Bertz CT molecular complexity index is 400. The summed E-state index contributed by atoms with van der Waals surface area (Å²) in [6, 6.07) is 1.00. The Balaban J connectivity index is 2.31. The van der Waals surface area contributed by atoms with Gasteiger partial charge in [0.05, 0.1) is 0 Å². The predicted octanol–water partition coefficient (Wildman–Crippen LogP) is 1.53. The fourth-order valence-corrected chi connectivity index (χ4v) is 2.27. The molecule has 0 aliphatic carbocycles. The summed E-state index contributed by atoms with van der Waals surface area (Å²) < 4.78 is 0. The van der Waals surface area contributed by atoms with E-state index in [1.165, 1.54) is 16.2 Å². The van der Waals surface area contributed by atoms with Crippen LogP contribution in [0.4, 0.5) is 4.79 Å². The number of nitrogens with zero attached hydrogens (tertiary/aromatic N) is 1. The van der Waals surface area contributed by atoms with Crippen LogP contribution in [0.2, 0.25) is 0 Å². The molecular weight excluding hydrogens is 212 g/mol. The molecular formula is C10H10N2O2S. The van der Waals surface area contributed by atoms with Gasteiger partial charge in [0.1, 0.15) is 6.04 Å². The molecule has 0 aromatic carbocycles. The lowest BCUT2D eigenvalue weighted by Crippen LogP contribution is -2.29. The van der Waals surface area contributed by atoms with Crippen LogP contribution in [0.3, 0.4) is 0 Å². The first-order valence-electron chi connectivity index (χ1n) is 4.48. The molecule has 1 aliphatic heterocycles. The first-order chi connectivity index (χ1) is 7.24. The molecule has 78 valence electrons. The Kier molecular flexibility index (Phi) is 2.55. The first kappa shape index (κ1) is 9.92. The Morgan fingerprint density at radius 2 is 2.40 bits per heavy atom. The van der Waals surface area contributed by atoms with Crippen molar-refractivity contribution in [2.45, 2.75) is 6.04 Å². The van der Waals surface area contributed by atoms with Gasteiger partial charge in [0.2, 0.25) is 0 Å². The molecule has 1 aliphatic rings. The largest absolute Gasteiger partial charge is 0.325 e. The van der Waals surface area contributed by atoms with Crippen molar-refractivity contribution in [3.8, 4) is 0 Å². The Labute approximate surface area is 91.2 Å². The molecule has 1 N–H and O–H groups in total. The van der Waals surface area contributed by atoms with Crippen molar-refractivity contribution in [1.29, 1.82) is 0 Å². The third-order valence-electron chi connectivity index (χ3n) is 2.24. The van der Waals surface area contributed by atoms with Crippen LogP contribution in [0.1, 0.15) is 11.6 Å². The van der Waals surface area contributed by atoms with E-state index in [0.717, 1.165) is 5.56 Å². The summed E-state index contributed by atoms with van der Waals surface area (Å²) in [5, 5.41) is 6.06. The number of carbonyl (C=O) groups excluding carboxylic acids is 2. The zero-order valence-corrected chi connectivity index (χ0v) is 8.79. The second-order valence-corrected chi connectivity index (χ2v) is 3.97. The van der Waals surface area contributed by atoms with E-state index in [2.05, 4.69) is 11.9 Å². The van der Waals surface area contributed by atoms with Crippen molar-refractivity contribution in [3.63, 3.8) is 0 Å². The van der Waals surface area contributed by atoms with E-state index in [0.29, 0.717) is 6.54 Å². The summed E-state index contributed by atoms with van der Waals surface area (Å²) in [7, 11) is 0. The molecule has 0 bridgehead atoms. The predicted molar refractivity (Wildman–Crippen MR) is 57.5 cm³/mol. The fraction of sp³-hybridized carbons (Fsp3) is 0.200. The molecule has 1 saturated heterocycles. The minimum atomic E-state index is -0.498. The first-order valence-corrected chi connectivity index (χ1v) is 5.43. The van der Waals surface area contributed by atoms with Gasteiger partial charge in [-0.15, -0.1) is 6.58 Å². The van der Waals surface area contributed by atoms with Crippen LogP contribution in [-0.2, 0) is 4.79 Å². The van der Waals surface area contributed by atoms with Gasteiger partial charge in [0.15, 0.2) is 0 Å². The molecule has 1 atom stereocenters. The molecule has 3 amide bonds. The third kappa shape index (κ3) is 1.66. The molecule has 0 saturated carbocycles. The summed E-state index contributed by atoms with van der Waals surface area (Å²) in [4.78, 5) is 24.5. The second-order valence-electron chi connectivity index (χ2n) is 3.19. The number of carbonyl (C=O) groups is 2. The van der Waals surface area contributed by atoms with Crippen LogP contribution in [0, 0.1) is 0 Å². The maximum absolute atomic E-state index is 11.6. The Morgan fingerprint density at radius 1 is 1.60 bits per heavy atom. The normalized spacial score (nSPS) is 20.5. The van der Waals surface area contributed by atoms with Gasteiger partial charge < -0.3 is 4.90 Å². The van der Waals surface area contributed by atoms with E-state index in [-0.39, 0.29) is 11.9 Å². The minimum Gasteiger partial charge on any atom is -0.305 e. The lowest BCUT2D eigenvalue weighted by molar-refractivity contribution is -0.121. The molecule has 4 nitrogen and oxygen atoms in total. The zero-order valence-electron chi connectivity index (χ0n) is 7.97. The van der Waals surface area contributed by atoms with Gasteiger partial charge >= 0.3 is 6.03 Å². The molecule has 0 radical (unpaired) electrons. The van der Waals surface area contributed by atoms with Crippen molar-refractivity contribution in [3.05, 3.63) is 35.0 Å². The topological polar surface area (TPSA) is 49.4 Å². The van der Waals surface area contributed by atoms with Crippen molar-refractivity contribution in [2.24, 2.45) is 0 Å². The van der Waals surface area contributed by atoms with Crippen molar-refractivity contribution >= 4 is 23.3 Å². The van der Waals surface area contributed by atoms with Gasteiger partial charge in [-0.2, -0.15) is 11.3 Å². The summed E-state index contributed by atoms with van der Waals surface area (Å²) in [6.45, 7) is 3.94. The minimum absolute atomic E-state index is 0.264. The van der Waals surface area contributed by atoms with Crippen LogP contribution < -0.4 is 5.32 Å². The Hall–Kier alpha value is -1.62. The van der Waals surface area contributed by atoms with E-state index in [1.807, 2.05) is 16.8 Å². The van der Waals surface area contributed by atoms with Crippen LogP contribution >= 0.6 is 11.3 Å². The number of nitrogens with one attached hydrogen (secondary N) is 1. The maximum Gasteiger partial charge on any atom is 0.325 e. The number of hydrogen-bond acceptors (Lipinski definition) is 3. The monoisotopic (exact) mass is 222 g/mol. The van der Waals surface area contributed by atoms with Crippen molar-refractivity contribution in [1.82, 2.24) is 10.2 Å². The van der Waals surface area contributed by atoms with Crippen LogP contribution in [0.15, 0.2) is 29.5 Å². The van der Waals surface area contributed by atoms with Crippen molar-refractivity contribution in [2.75, 3.05) is 6.54 Å². The number of imide groups is 1. The van der Waals surface area contributed by atoms with E-state index < -0.39 is 6.04 Å². The highest BCUT2D eigenvalue weighted by molar-refractivity contribution is 7.08. The zero-order chi connectivity index (χ0) is 10.8. The van der Waals surface area contributed by atoms with E-state index in [1.54, 1.807) is 6.08 Å². The molecule has 2 heterocycles. The quantitative estimate of drug-likeness (QED) is 0.622. The number of urea groups is 1. The number of rotatable bonds is 3. The second kappa shape index (κ2) is 3.86. The molecule has 1 aromatic heterocycles. The number of thiophene rings is 1. The van der Waals surface area contributed by atoms with Crippen LogP contribution in [-0.4, -0.2) is 23.4 Å². The Morgan fingerprint density at radius 3 is 3.00 bits per heavy atom. The smallest absolute Gasteiger partial charge is 0.305 e. The van der Waals surface area contributed by atoms with Crippen LogP contribution in [0.5, 0.6) is 0 Å². The fourth-order valence-electron chi connectivity index (χ4n) is 1.59. The SMILES string of the molecule is C=CCN1C(=O)NC(=O)C1c1ccsc1. The molecule has 2 rings (SSSR count). The average molecular weight is 222 g/mol. The summed E-state index contributed by atoms with van der Waals surface area (Å²) in [6.07, 6.45) is 1.61. The van der Waals surface area contributed by atoms with Gasteiger partial charge in [0.25, 0.3) is 5.91 Å². The van der Waals surface area contributed by atoms with Crippen molar-refractivity contribution < 1.29 is 9.59 Å². The molecule has 15 heavy (non-hydrogen) atoms. The maximum atomic E-state index is 11.6. The third-order valence-corrected chi connectivity index (χ3v) is 2.94. The lowest BCUT2D eigenvalue weighted by atomic mass is 10.1. The highest BCUT2D eigenvalue weighted by Crippen LogP contribution is 2.26. The van der Waals surface area contributed by atoms with E-state index in [4.69, 9.17) is 0 Å². The molecule has 0 spiro atoms. The van der Waals surface area contributed by atoms with Crippen LogP contribution in [0.25, 0.3) is 0 Å². The number of amides is 3. The highest BCUT2D eigenvalue weighted by atomic mass is 32.1.